The third-order valence-corrected chi connectivity index (χ3v) is 5.21. The van der Waals surface area contributed by atoms with Gasteiger partial charge in [0.2, 0.25) is 0 Å². The summed E-state index contributed by atoms with van der Waals surface area (Å²) in [6.45, 7) is 0.637. The number of carbonyl (C=O) groups is 1. The Kier molecular flexibility index (Phi) is 4.74. The summed E-state index contributed by atoms with van der Waals surface area (Å²) in [6.07, 6.45) is 2.36. The van der Waals surface area contributed by atoms with Crippen molar-refractivity contribution in [2.45, 2.75) is 24.4 Å². The van der Waals surface area contributed by atoms with Crippen LogP contribution in [-0.4, -0.2) is 37.5 Å². The highest BCUT2D eigenvalue weighted by molar-refractivity contribution is 9.10. The van der Waals surface area contributed by atoms with E-state index in [2.05, 4.69) is 31.3 Å². The number of nitrogens with zero attached hydrogens (tertiary/aromatic N) is 5. The number of hydrazone groups is 1. The molecule has 3 aromatic rings. The Morgan fingerprint density at radius 1 is 1.23 bits per heavy atom. The van der Waals surface area contributed by atoms with Gasteiger partial charge in [0, 0.05) is 23.7 Å². The SMILES string of the molecule is O=C1C(Cl)C(c2cccc(Br)c2)N1/N=C/CCn1nnc2ccccc21. The molecule has 0 aliphatic carbocycles. The van der Waals surface area contributed by atoms with E-state index < -0.39 is 5.38 Å². The number of aromatic nitrogens is 3. The van der Waals surface area contributed by atoms with E-state index in [1.54, 1.807) is 6.21 Å². The average molecular weight is 433 g/mol. The summed E-state index contributed by atoms with van der Waals surface area (Å²) >= 11 is 9.65. The van der Waals surface area contributed by atoms with Crippen LogP contribution in [0.5, 0.6) is 0 Å². The van der Waals surface area contributed by atoms with Crippen LogP contribution in [0.4, 0.5) is 0 Å². The maximum absolute atomic E-state index is 12.1. The molecule has 1 aromatic heterocycles. The van der Waals surface area contributed by atoms with Crippen LogP contribution in [0.2, 0.25) is 0 Å². The number of alkyl halides is 1. The Balaban J connectivity index is 1.43. The molecule has 1 amide bonds. The van der Waals surface area contributed by atoms with Crippen molar-refractivity contribution in [3.8, 4) is 0 Å². The molecule has 4 rings (SSSR count). The largest absolute Gasteiger partial charge is 0.271 e. The Morgan fingerprint density at radius 2 is 2.08 bits per heavy atom. The van der Waals surface area contributed by atoms with E-state index in [0.717, 1.165) is 21.1 Å². The first-order chi connectivity index (χ1) is 12.6. The first-order valence-electron chi connectivity index (χ1n) is 8.18. The second-order valence-electron chi connectivity index (χ2n) is 5.97. The van der Waals surface area contributed by atoms with Crippen molar-refractivity contribution in [2.24, 2.45) is 5.10 Å². The minimum Gasteiger partial charge on any atom is -0.271 e. The molecule has 1 aliphatic rings. The molecule has 26 heavy (non-hydrogen) atoms. The van der Waals surface area contributed by atoms with E-state index in [1.807, 2.05) is 53.2 Å². The first-order valence-corrected chi connectivity index (χ1v) is 9.41. The number of hydrogen-bond donors (Lipinski definition) is 0. The van der Waals surface area contributed by atoms with Crippen molar-refractivity contribution in [1.29, 1.82) is 0 Å². The lowest BCUT2D eigenvalue weighted by molar-refractivity contribution is -0.145. The second-order valence-corrected chi connectivity index (χ2v) is 7.36. The summed E-state index contributed by atoms with van der Waals surface area (Å²) in [5.74, 6) is -0.181. The molecule has 8 heteroatoms. The molecule has 1 aliphatic heterocycles. The number of halogens is 2. The standard InChI is InChI=1S/C18H15BrClN5O/c19-13-6-3-5-12(11-13)17-16(20)18(26)25(17)21-9-4-10-24-15-8-2-1-7-14(15)22-23-24/h1-3,5-9,11,16-17H,4,10H2/b21-9+. The van der Waals surface area contributed by atoms with Gasteiger partial charge in [0.15, 0.2) is 0 Å². The van der Waals surface area contributed by atoms with E-state index in [0.29, 0.717) is 13.0 Å². The predicted molar refractivity (Wildman–Crippen MR) is 104 cm³/mol. The summed E-state index contributed by atoms with van der Waals surface area (Å²) in [7, 11) is 0. The molecular weight excluding hydrogens is 418 g/mol. The van der Waals surface area contributed by atoms with Gasteiger partial charge in [0.05, 0.1) is 5.52 Å². The van der Waals surface area contributed by atoms with Crippen LogP contribution in [0, 0.1) is 0 Å². The summed E-state index contributed by atoms with van der Waals surface area (Å²) in [5, 5.41) is 13.5. The van der Waals surface area contributed by atoms with Crippen molar-refractivity contribution in [3.05, 3.63) is 58.6 Å². The molecule has 0 N–H and O–H groups in total. The maximum atomic E-state index is 12.1. The highest BCUT2D eigenvalue weighted by Crippen LogP contribution is 2.39. The zero-order valence-corrected chi connectivity index (χ0v) is 16.0. The first kappa shape index (κ1) is 17.2. The van der Waals surface area contributed by atoms with Gasteiger partial charge < -0.3 is 0 Å². The van der Waals surface area contributed by atoms with Crippen molar-refractivity contribution < 1.29 is 4.79 Å². The number of β-lactam (4-membered cyclic amide) rings is 1. The lowest BCUT2D eigenvalue weighted by Crippen LogP contribution is -2.53. The Hall–Kier alpha value is -2.25. The lowest BCUT2D eigenvalue weighted by Gasteiger charge is -2.40. The Morgan fingerprint density at radius 3 is 2.92 bits per heavy atom. The number of rotatable bonds is 5. The third-order valence-electron chi connectivity index (χ3n) is 4.29. The normalized spacial score (nSPS) is 20.1. The molecule has 132 valence electrons. The average Bonchev–Trinajstić information content (AvgIpc) is 3.07. The lowest BCUT2D eigenvalue weighted by atomic mass is 9.95. The van der Waals surface area contributed by atoms with Crippen molar-refractivity contribution in [1.82, 2.24) is 20.0 Å². The maximum Gasteiger partial charge on any atom is 0.263 e. The van der Waals surface area contributed by atoms with Crippen LogP contribution in [0.25, 0.3) is 11.0 Å². The number of aryl methyl sites for hydroxylation is 1. The van der Waals surface area contributed by atoms with Gasteiger partial charge in [0.25, 0.3) is 5.91 Å². The summed E-state index contributed by atoms with van der Waals surface area (Å²) in [5.41, 5.74) is 2.80. The van der Waals surface area contributed by atoms with Gasteiger partial charge in [-0.25, -0.2) is 9.69 Å². The van der Waals surface area contributed by atoms with Gasteiger partial charge >= 0.3 is 0 Å². The molecule has 2 atom stereocenters. The quantitative estimate of drug-likeness (QED) is 0.350. The molecule has 2 unspecified atom stereocenters. The van der Waals surface area contributed by atoms with Gasteiger partial charge in [-0.1, -0.05) is 45.4 Å². The van der Waals surface area contributed by atoms with Crippen molar-refractivity contribution in [3.63, 3.8) is 0 Å². The van der Waals surface area contributed by atoms with Crippen LogP contribution >= 0.6 is 27.5 Å². The van der Waals surface area contributed by atoms with Gasteiger partial charge in [-0.2, -0.15) is 5.10 Å². The molecule has 2 heterocycles. The zero-order valence-electron chi connectivity index (χ0n) is 13.7. The van der Waals surface area contributed by atoms with E-state index in [9.17, 15) is 4.79 Å². The number of benzene rings is 2. The summed E-state index contributed by atoms with van der Waals surface area (Å²) in [4.78, 5) is 12.1. The molecule has 0 spiro atoms. The van der Waals surface area contributed by atoms with E-state index >= 15 is 0 Å². The summed E-state index contributed by atoms with van der Waals surface area (Å²) < 4.78 is 2.77. The number of hydrogen-bond acceptors (Lipinski definition) is 4. The van der Waals surface area contributed by atoms with E-state index in [4.69, 9.17) is 11.6 Å². The zero-order chi connectivity index (χ0) is 18.1. The van der Waals surface area contributed by atoms with E-state index in [1.165, 1.54) is 5.01 Å². The van der Waals surface area contributed by atoms with Crippen molar-refractivity contribution in [2.75, 3.05) is 0 Å². The molecule has 6 nitrogen and oxygen atoms in total. The van der Waals surface area contributed by atoms with Crippen LogP contribution < -0.4 is 0 Å². The van der Waals surface area contributed by atoms with Crippen LogP contribution in [0.3, 0.4) is 0 Å². The monoisotopic (exact) mass is 431 g/mol. The van der Waals surface area contributed by atoms with Crippen molar-refractivity contribution >= 4 is 50.7 Å². The number of fused-ring (bicyclic) bond motifs is 1. The number of carbonyl (C=O) groups excluding carboxylic acids is 1. The second kappa shape index (κ2) is 7.17. The molecule has 0 saturated carbocycles. The summed E-state index contributed by atoms with van der Waals surface area (Å²) in [6, 6.07) is 15.3. The van der Waals surface area contributed by atoms with E-state index in [-0.39, 0.29) is 11.9 Å². The fourth-order valence-electron chi connectivity index (χ4n) is 2.98. The van der Waals surface area contributed by atoms with Gasteiger partial charge in [0.1, 0.15) is 16.9 Å². The highest BCUT2D eigenvalue weighted by atomic mass is 79.9. The van der Waals surface area contributed by atoms with Crippen LogP contribution in [0.15, 0.2) is 58.1 Å². The predicted octanol–water partition coefficient (Wildman–Crippen LogP) is 3.76. The van der Waals surface area contributed by atoms with Crippen LogP contribution in [-0.2, 0) is 11.3 Å². The fraction of sp³-hybridized carbons (Fsp3) is 0.222. The minimum absolute atomic E-state index is 0.181. The third kappa shape index (κ3) is 3.12. The van der Waals surface area contributed by atoms with Crippen LogP contribution in [0.1, 0.15) is 18.0 Å². The number of amides is 1. The molecule has 1 saturated heterocycles. The molecule has 2 aromatic carbocycles. The minimum atomic E-state index is -0.583. The smallest absolute Gasteiger partial charge is 0.263 e. The number of para-hydroxylation sites is 1. The molecule has 1 fully saturated rings. The molecule has 0 radical (unpaired) electrons. The topological polar surface area (TPSA) is 63.4 Å². The fourth-order valence-corrected chi connectivity index (χ4v) is 3.75. The Labute approximate surface area is 163 Å². The molecular formula is C18H15BrClN5O. The highest BCUT2D eigenvalue weighted by Gasteiger charge is 2.47. The van der Waals surface area contributed by atoms with Gasteiger partial charge in [-0.15, -0.1) is 16.7 Å². The van der Waals surface area contributed by atoms with Gasteiger partial charge in [-0.3, -0.25) is 4.79 Å². The molecule has 0 bridgehead atoms. The Bertz CT molecular complexity index is 988. The van der Waals surface area contributed by atoms with Gasteiger partial charge in [-0.05, 0) is 29.8 Å².